The van der Waals surface area contributed by atoms with Crippen LogP contribution in [0.3, 0.4) is 0 Å². The first kappa shape index (κ1) is 20.6. The van der Waals surface area contributed by atoms with Gasteiger partial charge in [-0.25, -0.2) is 4.68 Å². The number of benzene rings is 1. The van der Waals surface area contributed by atoms with Gasteiger partial charge in [-0.1, -0.05) is 43.9 Å². The Hall–Kier alpha value is -1.66. The number of rotatable bonds is 6. The fraction of sp³-hybridized carbons (Fsp3) is 0.545. The lowest BCUT2D eigenvalue weighted by molar-refractivity contribution is -0.121. The molecule has 1 aromatic heterocycles. The summed E-state index contributed by atoms with van der Waals surface area (Å²) in [6.07, 6.45) is 7.95. The van der Waals surface area contributed by atoms with Crippen molar-refractivity contribution >= 4 is 34.1 Å². The van der Waals surface area contributed by atoms with E-state index in [2.05, 4.69) is 17.3 Å². The minimum Gasteiger partial charge on any atom is -0.310 e. The maximum atomic E-state index is 13.1. The summed E-state index contributed by atoms with van der Waals surface area (Å²) in [4.78, 5) is 13.1. The first-order valence-corrected chi connectivity index (χ1v) is 12.4. The van der Waals surface area contributed by atoms with E-state index >= 15 is 0 Å². The van der Waals surface area contributed by atoms with Crippen molar-refractivity contribution in [1.82, 2.24) is 9.78 Å². The molecule has 1 unspecified atom stereocenters. The second-order valence-electron chi connectivity index (χ2n) is 8.24. The molecule has 156 valence electrons. The van der Waals surface area contributed by atoms with Crippen LogP contribution >= 0.6 is 11.6 Å². The van der Waals surface area contributed by atoms with Crippen molar-refractivity contribution < 1.29 is 9.00 Å². The van der Waals surface area contributed by atoms with E-state index in [1.807, 2.05) is 24.3 Å². The van der Waals surface area contributed by atoms with Crippen molar-refractivity contribution in [2.24, 2.45) is 11.8 Å². The number of anilines is 1. The van der Waals surface area contributed by atoms with Crippen molar-refractivity contribution in [3.8, 4) is 5.69 Å². The first-order chi connectivity index (χ1) is 14.0. The number of halogens is 1. The normalized spacial score (nSPS) is 23.7. The van der Waals surface area contributed by atoms with Crippen LogP contribution in [-0.2, 0) is 27.1 Å². The Morgan fingerprint density at radius 2 is 2.07 bits per heavy atom. The second-order valence-corrected chi connectivity index (χ2v) is 10.1. The molecule has 0 spiro atoms. The Labute approximate surface area is 179 Å². The van der Waals surface area contributed by atoms with Gasteiger partial charge >= 0.3 is 0 Å². The lowest BCUT2D eigenvalue weighted by Crippen LogP contribution is -2.28. The number of fused-ring (bicyclic) bond motifs is 1. The summed E-state index contributed by atoms with van der Waals surface area (Å²) in [5, 5.41) is 8.40. The number of aromatic nitrogens is 2. The molecule has 1 saturated carbocycles. The third-order valence-electron chi connectivity index (χ3n) is 6.15. The Bertz CT molecular complexity index is 919. The maximum absolute atomic E-state index is 13.1. The Morgan fingerprint density at radius 3 is 2.79 bits per heavy atom. The molecule has 4 rings (SSSR count). The molecular weight excluding hydrogens is 406 g/mol. The van der Waals surface area contributed by atoms with Gasteiger partial charge in [-0.3, -0.25) is 9.00 Å². The Balaban J connectivity index is 1.52. The van der Waals surface area contributed by atoms with Crippen molar-refractivity contribution in [2.45, 2.75) is 63.4 Å². The number of nitrogens with zero attached hydrogens (tertiary/aromatic N) is 2. The van der Waals surface area contributed by atoms with Crippen LogP contribution in [0.1, 0.15) is 63.1 Å². The number of unbranched alkanes of at least 4 members (excludes halogenated alkanes) is 1. The molecule has 1 aliphatic carbocycles. The molecular formula is C22H28ClN3O2S. The molecule has 1 fully saturated rings. The molecule has 1 N–H and O–H groups in total. The highest BCUT2D eigenvalue weighted by molar-refractivity contribution is 7.83. The molecule has 0 saturated heterocycles. The summed E-state index contributed by atoms with van der Waals surface area (Å²) in [5.74, 6) is 2.40. The van der Waals surface area contributed by atoms with E-state index in [9.17, 15) is 9.00 Å². The molecule has 2 aliphatic rings. The zero-order valence-corrected chi connectivity index (χ0v) is 18.4. The standard InChI is InChI=1S/C22H28ClN3O2S/c1-2-3-5-15-8-10-16(11-9-15)22(27)24-21-19-13-29(28)14-20(19)25-26(21)18-7-4-6-17(23)12-18/h4,6-7,12,15-16H,2-3,5,8-11,13-14H2,1H3,(H,24,27). The van der Waals surface area contributed by atoms with Crippen LogP contribution in [0.15, 0.2) is 24.3 Å². The monoisotopic (exact) mass is 433 g/mol. The van der Waals surface area contributed by atoms with Crippen LogP contribution in [0.25, 0.3) is 5.69 Å². The highest BCUT2D eigenvalue weighted by Gasteiger charge is 2.31. The summed E-state index contributed by atoms with van der Waals surface area (Å²) < 4.78 is 13.8. The summed E-state index contributed by atoms with van der Waals surface area (Å²) in [6.45, 7) is 2.23. The largest absolute Gasteiger partial charge is 0.310 e. The van der Waals surface area contributed by atoms with E-state index in [4.69, 9.17) is 11.6 Å². The summed E-state index contributed by atoms with van der Waals surface area (Å²) in [7, 11) is -0.948. The number of carbonyl (C=O) groups excluding carboxylic acids is 1. The molecule has 1 aliphatic heterocycles. The summed E-state index contributed by atoms with van der Waals surface area (Å²) in [5.41, 5.74) is 2.51. The highest BCUT2D eigenvalue weighted by atomic mass is 35.5. The van der Waals surface area contributed by atoms with Gasteiger partial charge in [0.25, 0.3) is 0 Å². The third kappa shape index (κ3) is 4.58. The second kappa shape index (κ2) is 9.00. The molecule has 2 aromatic rings. The average molecular weight is 434 g/mol. The van der Waals surface area contributed by atoms with Crippen molar-refractivity contribution in [2.75, 3.05) is 5.32 Å². The van der Waals surface area contributed by atoms with Gasteiger partial charge < -0.3 is 5.32 Å². The van der Waals surface area contributed by atoms with E-state index in [1.165, 1.54) is 19.3 Å². The number of carbonyl (C=O) groups is 1. The Kier molecular flexibility index (Phi) is 6.40. The molecule has 29 heavy (non-hydrogen) atoms. The van der Waals surface area contributed by atoms with E-state index in [-0.39, 0.29) is 11.8 Å². The van der Waals surface area contributed by atoms with Crippen molar-refractivity contribution in [3.05, 3.63) is 40.5 Å². The molecule has 0 bridgehead atoms. The topological polar surface area (TPSA) is 64.0 Å². The van der Waals surface area contributed by atoms with Gasteiger partial charge in [0.05, 0.1) is 22.9 Å². The third-order valence-corrected chi connectivity index (χ3v) is 7.59. The minimum atomic E-state index is -0.948. The quantitative estimate of drug-likeness (QED) is 0.678. The van der Waals surface area contributed by atoms with Crippen LogP contribution in [0.4, 0.5) is 5.82 Å². The smallest absolute Gasteiger partial charge is 0.228 e. The minimum absolute atomic E-state index is 0.0399. The number of hydrogen-bond acceptors (Lipinski definition) is 3. The van der Waals surface area contributed by atoms with E-state index in [0.717, 1.165) is 48.5 Å². The number of hydrogen-bond donors (Lipinski definition) is 1. The Morgan fingerprint density at radius 1 is 1.28 bits per heavy atom. The molecule has 0 radical (unpaired) electrons. The molecule has 1 aromatic carbocycles. The van der Waals surface area contributed by atoms with Gasteiger partial charge in [-0.05, 0) is 49.8 Å². The van der Waals surface area contributed by atoms with Gasteiger partial charge in [0.2, 0.25) is 5.91 Å². The van der Waals surface area contributed by atoms with Crippen molar-refractivity contribution in [3.63, 3.8) is 0 Å². The van der Waals surface area contributed by atoms with Gasteiger partial charge in [-0.15, -0.1) is 0 Å². The van der Waals surface area contributed by atoms with E-state index in [0.29, 0.717) is 22.3 Å². The average Bonchev–Trinajstić information content (AvgIpc) is 3.23. The molecule has 1 atom stereocenters. The highest BCUT2D eigenvalue weighted by Crippen LogP contribution is 2.35. The molecule has 1 amide bonds. The van der Waals surface area contributed by atoms with Crippen LogP contribution in [0.2, 0.25) is 5.02 Å². The predicted octanol–water partition coefficient (Wildman–Crippen LogP) is 5.22. The fourth-order valence-corrected chi connectivity index (χ4v) is 5.92. The summed E-state index contributed by atoms with van der Waals surface area (Å²) >= 11 is 6.16. The van der Waals surface area contributed by atoms with Crippen LogP contribution < -0.4 is 5.32 Å². The first-order valence-electron chi connectivity index (χ1n) is 10.6. The molecule has 7 heteroatoms. The fourth-order valence-electron chi connectivity index (χ4n) is 4.48. The van der Waals surface area contributed by atoms with Gasteiger partial charge in [-0.2, -0.15) is 5.10 Å². The SMILES string of the molecule is CCCCC1CCC(C(=O)Nc2c3c(nn2-c2cccc(Cl)c2)CS(=O)C3)CC1. The van der Waals surface area contributed by atoms with Crippen LogP contribution in [-0.4, -0.2) is 19.9 Å². The molecule has 2 heterocycles. The van der Waals surface area contributed by atoms with Crippen LogP contribution in [0.5, 0.6) is 0 Å². The number of nitrogens with one attached hydrogen (secondary N) is 1. The van der Waals surface area contributed by atoms with Gasteiger partial charge in [0.15, 0.2) is 0 Å². The zero-order valence-electron chi connectivity index (χ0n) is 16.8. The number of amides is 1. The van der Waals surface area contributed by atoms with Crippen LogP contribution in [0, 0.1) is 11.8 Å². The lowest BCUT2D eigenvalue weighted by atomic mass is 9.79. The molecule has 5 nitrogen and oxygen atoms in total. The van der Waals surface area contributed by atoms with E-state index < -0.39 is 10.8 Å². The maximum Gasteiger partial charge on any atom is 0.228 e. The predicted molar refractivity (Wildman–Crippen MR) is 118 cm³/mol. The van der Waals surface area contributed by atoms with Gasteiger partial charge in [0.1, 0.15) is 5.82 Å². The van der Waals surface area contributed by atoms with E-state index in [1.54, 1.807) is 4.68 Å². The van der Waals surface area contributed by atoms with Gasteiger partial charge in [0, 0.05) is 27.3 Å². The summed E-state index contributed by atoms with van der Waals surface area (Å²) in [6, 6.07) is 7.42. The zero-order chi connectivity index (χ0) is 20.4. The van der Waals surface area contributed by atoms with Crippen molar-refractivity contribution in [1.29, 1.82) is 0 Å². The lowest BCUT2D eigenvalue weighted by Gasteiger charge is -2.27.